The molecule has 0 bridgehead atoms. The van der Waals surface area contributed by atoms with Gasteiger partial charge < -0.3 is 0 Å². The van der Waals surface area contributed by atoms with Gasteiger partial charge in [-0.05, 0) is 11.6 Å². The smallest absolute Gasteiger partial charge is 0.164 e. The number of aromatic nitrogens is 3. The first-order chi connectivity index (χ1) is 16.1. The Morgan fingerprint density at radius 3 is 2.00 bits per heavy atom. The van der Waals surface area contributed by atoms with Gasteiger partial charge in [0.05, 0.1) is 0 Å². The van der Waals surface area contributed by atoms with Crippen molar-refractivity contribution in [1.82, 2.24) is 15.0 Å². The number of benzene rings is 3. The van der Waals surface area contributed by atoms with Gasteiger partial charge in [0.15, 0.2) is 17.5 Å². The fraction of sp³-hybridized carbons (Fsp3) is 0.107. The van der Waals surface area contributed by atoms with Crippen LogP contribution in [-0.4, -0.2) is 20.2 Å². The lowest BCUT2D eigenvalue weighted by atomic mass is 9.75. The molecule has 0 N–H and O–H groups in total. The fourth-order valence-corrected chi connectivity index (χ4v) is 6.70. The molecule has 0 saturated heterocycles. The standard InChI is InChI=1S/C28H20BrN3S/c1-28-17-20(29)15-16-23(28)33-22-14-8-13-21(24(22)28)27-31-25(18-9-4-2-5-10-18)30-26(32-27)19-11-6-3-7-12-19/h2-17,23H,1H3. The summed E-state index contributed by atoms with van der Waals surface area (Å²) in [7, 11) is 0. The Balaban J connectivity index is 1.59. The molecule has 0 saturated carbocycles. The van der Waals surface area contributed by atoms with E-state index in [1.54, 1.807) is 0 Å². The molecular weight excluding hydrogens is 490 g/mol. The van der Waals surface area contributed by atoms with Gasteiger partial charge in [0.2, 0.25) is 0 Å². The normalized spacial score (nSPS) is 20.8. The van der Waals surface area contributed by atoms with Gasteiger partial charge in [-0.3, -0.25) is 0 Å². The average molecular weight is 510 g/mol. The van der Waals surface area contributed by atoms with Gasteiger partial charge in [0.1, 0.15) is 0 Å². The lowest BCUT2D eigenvalue weighted by Gasteiger charge is -2.30. The van der Waals surface area contributed by atoms with E-state index in [9.17, 15) is 0 Å². The summed E-state index contributed by atoms with van der Waals surface area (Å²) in [5.74, 6) is 2.08. The molecule has 33 heavy (non-hydrogen) atoms. The summed E-state index contributed by atoms with van der Waals surface area (Å²) >= 11 is 5.61. The quantitative estimate of drug-likeness (QED) is 0.287. The Hall–Kier alpha value is -3.02. The highest BCUT2D eigenvalue weighted by atomic mass is 79.9. The molecule has 2 unspecified atom stereocenters. The molecule has 0 amide bonds. The number of thioether (sulfide) groups is 1. The van der Waals surface area contributed by atoms with E-state index in [2.05, 4.69) is 59.3 Å². The van der Waals surface area contributed by atoms with Gasteiger partial charge >= 0.3 is 0 Å². The van der Waals surface area contributed by atoms with E-state index in [1.807, 2.05) is 72.4 Å². The van der Waals surface area contributed by atoms with E-state index in [0.29, 0.717) is 22.7 Å². The second-order valence-electron chi connectivity index (χ2n) is 8.43. The largest absolute Gasteiger partial charge is 0.208 e. The first-order valence-electron chi connectivity index (χ1n) is 10.9. The number of hydrogen-bond donors (Lipinski definition) is 0. The first-order valence-corrected chi connectivity index (χ1v) is 12.5. The lowest BCUT2D eigenvalue weighted by molar-refractivity contribution is 0.620. The Morgan fingerprint density at radius 1 is 0.758 bits per heavy atom. The average Bonchev–Trinajstić information content (AvgIpc) is 3.16. The van der Waals surface area contributed by atoms with Crippen LogP contribution in [0.5, 0.6) is 0 Å². The van der Waals surface area contributed by atoms with Gasteiger partial charge in [-0.2, -0.15) is 0 Å². The highest BCUT2D eigenvalue weighted by Crippen LogP contribution is 2.55. The van der Waals surface area contributed by atoms with Crippen molar-refractivity contribution in [3.8, 4) is 34.2 Å². The Morgan fingerprint density at radius 2 is 1.36 bits per heavy atom. The molecule has 5 heteroatoms. The van der Waals surface area contributed by atoms with Crippen LogP contribution >= 0.6 is 27.7 Å². The molecule has 6 rings (SSSR count). The summed E-state index contributed by atoms with van der Waals surface area (Å²) in [5.41, 5.74) is 4.16. The Bertz CT molecular complexity index is 1360. The van der Waals surface area contributed by atoms with Gasteiger partial charge in [0.25, 0.3) is 0 Å². The maximum Gasteiger partial charge on any atom is 0.164 e. The number of rotatable bonds is 3. The third-order valence-electron chi connectivity index (χ3n) is 6.22. The SMILES string of the molecule is CC12C=C(Br)C=CC1Sc1cccc(-c3nc(-c4ccccc4)nc(-c4ccccc4)n3)c12. The van der Waals surface area contributed by atoms with E-state index in [4.69, 9.17) is 15.0 Å². The lowest BCUT2D eigenvalue weighted by Crippen LogP contribution is -2.29. The molecule has 3 aromatic carbocycles. The van der Waals surface area contributed by atoms with Crippen molar-refractivity contribution in [2.75, 3.05) is 0 Å². The third kappa shape index (κ3) is 3.56. The highest BCUT2D eigenvalue weighted by Gasteiger charge is 2.44. The van der Waals surface area contributed by atoms with Crippen molar-refractivity contribution >= 4 is 27.7 Å². The van der Waals surface area contributed by atoms with Crippen LogP contribution in [0.25, 0.3) is 34.2 Å². The molecule has 2 heterocycles. The summed E-state index contributed by atoms with van der Waals surface area (Å²) in [6, 6.07) is 26.7. The molecule has 2 aliphatic rings. The maximum absolute atomic E-state index is 4.98. The molecule has 2 atom stereocenters. The third-order valence-corrected chi connectivity index (χ3v) is 8.21. The van der Waals surface area contributed by atoms with Gasteiger partial charge in [-0.1, -0.05) is 114 Å². The van der Waals surface area contributed by atoms with E-state index >= 15 is 0 Å². The summed E-state index contributed by atoms with van der Waals surface area (Å²) in [4.78, 5) is 16.1. The van der Waals surface area contributed by atoms with Gasteiger partial charge in [-0.25, -0.2) is 15.0 Å². The van der Waals surface area contributed by atoms with E-state index in [1.165, 1.54) is 10.5 Å². The van der Waals surface area contributed by atoms with Crippen molar-refractivity contribution < 1.29 is 0 Å². The number of halogens is 1. The predicted molar refractivity (Wildman–Crippen MR) is 139 cm³/mol. The zero-order chi connectivity index (χ0) is 22.4. The zero-order valence-electron chi connectivity index (χ0n) is 17.9. The molecule has 1 aromatic heterocycles. The molecule has 1 aliphatic heterocycles. The van der Waals surface area contributed by atoms with Crippen LogP contribution in [0.2, 0.25) is 0 Å². The first kappa shape index (κ1) is 20.6. The van der Waals surface area contributed by atoms with Crippen LogP contribution in [0.4, 0.5) is 0 Å². The minimum absolute atomic E-state index is 0.142. The topological polar surface area (TPSA) is 38.7 Å². The molecular formula is C28H20BrN3S. The van der Waals surface area contributed by atoms with Gasteiger partial charge in [-0.15, -0.1) is 11.8 Å². The van der Waals surface area contributed by atoms with Crippen molar-refractivity contribution in [3.63, 3.8) is 0 Å². The maximum atomic E-state index is 4.98. The number of allylic oxidation sites excluding steroid dienone is 3. The number of hydrogen-bond acceptors (Lipinski definition) is 4. The van der Waals surface area contributed by atoms with Crippen molar-refractivity contribution in [3.05, 3.63) is 107 Å². The molecule has 160 valence electrons. The van der Waals surface area contributed by atoms with Crippen molar-refractivity contribution in [1.29, 1.82) is 0 Å². The second kappa shape index (κ2) is 8.08. The van der Waals surface area contributed by atoms with Crippen LogP contribution in [0.3, 0.4) is 0 Å². The summed E-state index contributed by atoms with van der Waals surface area (Å²) in [5, 5.41) is 0.346. The van der Waals surface area contributed by atoms with Crippen LogP contribution in [0.1, 0.15) is 12.5 Å². The van der Waals surface area contributed by atoms with Crippen molar-refractivity contribution in [2.24, 2.45) is 0 Å². The second-order valence-corrected chi connectivity index (χ2v) is 10.5. The molecule has 4 aromatic rings. The van der Waals surface area contributed by atoms with E-state index < -0.39 is 0 Å². The molecule has 0 radical (unpaired) electrons. The number of fused-ring (bicyclic) bond motifs is 3. The van der Waals surface area contributed by atoms with Crippen LogP contribution in [-0.2, 0) is 5.41 Å². The summed E-state index contributed by atoms with van der Waals surface area (Å²) in [6.07, 6.45) is 6.75. The predicted octanol–water partition coefficient (Wildman–Crippen LogP) is 7.45. The fourth-order valence-electron chi connectivity index (χ4n) is 4.61. The van der Waals surface area contributed by atoms with Gasteiger partial charge in [0, 0.05) is 36.7 Å². The molecule has 0 spiro atoms. The van der Waals surface area contributed by atoms with Crippen LogP contribution < -0.4 is 0 Å². The Labute approximate surface area is 205 Å². The van der Waals surface area contributed by atoms with E-state index in [0.717, 1.165) is 21.2 Å². The summed E-state index contributed by atoms with van der Waals surface area (Å²) in [6.45, 7) is 2.31. The highest BCUT2D eigenvalue weighted by molar-refractivity contribution is 9.11. The van der Waals surface area contributed by atoms with Crippen LogP contribution in [0, 0.1) is 0 Å². The molecule has 1 aliphatic carbocycles. The number of nitrogens with zero attached hydrogens (tertiary/aromatic N) is 3. The van der Waals surface area contributed by atoms with E-state index in [-0.39, 0.29) is 5.41 Å². The molecule has 3 nitrogen and oxygen atoms in total. The minimum Gasteiger partial charge on any atom is -0.208 e. The summed E-state index contributed by atoms with van der Waals surface area (Å²) < 4.78 is 1.11. The monoisotopic (exact) mass is 509 g/mol. The molecule has 0 fully saturated rings. The van der Waals surface area contributed by atoms with Crippen molar-refractivity contribution in [2.45, 2.75) is 22.5 Å². The van der Waals surface area contributed by atoms with Crippen LogP contribution in [0.15, 0.2) is 106 Å². The zero-order valence-corrected chi connectivity index (χ0v) is 20.3. The Kier molecular flexibility index (Phi) is 5.04. The minimum atomic E-state index is -0.142.